The van der Waals surface area contributed by atoms with Crippen molar-refractivity contribution in [3.8, 4) is 0 Å². The topological polar surface area (TPSA) is 121 Å². The fraction of sp³-hybridized carbons (Fsp3) is 0.306. The van der Waals surface area contributed by atoms with Crippen molar-refractivity contribution in [3.05, 3.63) is 156 Å². The van der Waals surface area contributed by atoms with Crippen LogP contribution in [0, 0.1) is 17.8 Å². The zero-order valence-electron chi connectivity index (χ0n) is 34.7. The molecule has 9 nitrogen and oxygen atoms in total. The van der Waals surface area contributed by atoms with Crippen LogP contribution in [0.1, 0.15) is 58.5 Å². The van der Waals surface area contributed by atoms with E-state index in [1.54, 1.807) is 6.07 Å². The Kier molecular flexibility index (Phi) is 12.0. The average molecular weight is 821 g/mol. The van der Waals surface area contributed by atoms with E-state index in [4.69, 9.17) is 13.5 Å². The van der Waals surface area contributed by atoms with Gasteiger partial charge in [-0.05, 0) is 120 Å². The maximum absolute atomic E-state index is 14.7. The molecule has 0 radical (unpaired) electrons. The van der Waals surface area contributed by atoms with Gasteiger partial charge in [0.25, 0.3) is 8.32 Å². The normalized spacial score (nSPS) is 21.0. The van der Waals surface area contributed by atoms with Crippen LogP contribution in [0.4, 0.5) is 17.1 Å². The average Bonchev–Trinajstić information content (AvgIpc) is 3.81. The molecule has 3 heterocycles. The van der Waals surface area contributed by atoms with E-state index < -0.39 is 39.3 Å². The predicted octanol–water partition coefficient (Wildman–Crippen LogP) is 8.28. The summed E-state index contributed by atoms with van der Waals surface area (Å²) in [7, 11) is -4.11. The molecule has 2 saturated heterocycles. The van der Waals surface area contributed by atoms with Crippen LogP contribution >= 0.6 is 0 Å². The van der Waals surface area contributed by atoms with Gasteiger partial charge in [0.05, 0.1) is 30.2 Å². The van der Waals surface area contributed by atoms with E-state index in [2.05, 4.69) is 74.6 Å². The van der Waals surface area contributed by atoms with Gasteiger partial charge in [-0.2, -0.15) is 0 Å². The molecular weight excluding hydrogens is 767 g/mol. The summed E-state index contributed by atoms with van der Waals surface area (Å²) in [5.41, 5.74) is 5.28. The number of nitrogens with one attached hydrogen (secondary N) is 1. The molecule has 5 aromatic rings. The number of nitrogens with zero attached hydrogens (tertiary/aromatic N) is 1. The zero-order chi connectivity index (χ0) is 42.0. The Bertz CT molecular complexity index is 2320. The lowest BCUT2D eigenvalue weighted by molar-refractivity contribution is -0.122. The van der Waals surface area contributed by atoms with Gasteiger partial charge < -0.3 is 28.9 Å². The monoisotopic (exact) mass is 820 g/mol. The molecule has 0 spiro atoms. The van der Waals surface area contributed by atoms with Crippen LogP contribution in [-0.2, 0) is 25.3 Å². The van der Waals surface area contributed by atoms with Crippen molar-refractivity contribution >= 4 is 60.8 Å². The minimum atomic E-state index is -3.00. The second-order valence-corrected chi connectivity index (χ2v) is 21.6. The Balaban J connectivity index is 1.16. The largest absolute Gasteiger partial charge is 0.459 e. The Labute approximate surface area is 354 Å². The van der Waals surface area contributed by atoms with Crippen LogP contribution in [0.3, 0.4) is 0 Å². The first kappa shape index (κ1) is 41.4. The van der Waals surface area contributed by atoms with Crippen molar-refractivity contribution in [1.82, 2.24) is 0 Å². The molecule has 308 valence electrons. The van der Waals surface area contributed by atoms with Crippen molar-refractivity contribution < 1.29 is 33.2 Å². The molecule has 8 rings (SSSR count). The number of anilines is 3. The first-order valence-electron chi connectivity index (χ1n) is 20.9. The number of imide groups is 1. The maximum atomic E-state index is 14.7. The van der Waals surface area contributed by atoms with Gasteiger partial charge in [-0.1, -0.05) is 105 Å². The number of carbonyl (C=O) groups excluding carboxylic acids is 2. The molecule has 4 aromatic carbocycles. The second kappa shape index (κ2) is 17.4. The zero-order valence-corrected chi connectivity index (χ0v) is 35.7. The number of aliphatic hydroxyl groups excluding tert-OH is 1. The molecule has 1 aliphatic carbocycles. The lowest BCUT2D eigenvalue weighted by atomic mass is 9.58. The molecular formula is C49H53BN2O7Si. The molecule has 1 aromatic heterocycles. The van der Waals surface area contributed by atoms with Gasteiger partial charge in [0.1, 0.15) is 18.1 Å². The van der Waals surface area contributed by atoms with Crippen molar-refractivity contribution in [1.29, 1.82) is 0 Å². The third kappa shape index (κ3) is 8.12. The van der Waals surface area contributed by atoms with Crippen molar-refractivity contribution in [2.45, 2.75) is 71.0 Å². The summed E-state index contributed by atoms with van der Waals surface area (Å²) in [6, 6.07) is 41.8. The molecule has 0 saturated carbocycles. The standard InChI is InChI=1S/C49H53BN2O7Si/c1-33(28-38-25-26-39(31-53)58-38)20-27-44-45-34(32-57-60(49(2,3)4,40-16-10-6-11-17-40)41-18-12-7-13-19-41)29-42-46(43(45)30-50(56)59-44)48(55)52(47(42)54)37-23-21-36(22-24-37)51-35-14-8-5-9-15-35/h5-19,21-26,28,42-44,46,51,53,56H,20,27,29-32H2,1-4H3/b33-28+/t42-,43+,44-,46-/m1/s1. The van der Waals surface area contributed by atoms with Crippen molar-refractivity contribution in [2.75, 3.05) is 16.8 Å². The molecule has 0 bridgehead atoms. The van der Waals surface area contributed by atoms with E-state index in [1.165, 1.54) is 4.90 Å². The molecule has 3 N–H and O–H groups in total. The van der Waals surface area contributed by atoms with Gasteiger partial charge >= 0.3 is 7.12 Å². The molecule has 60 heavy (non-hydrogen) atoms. The predicted molar refractivity (Wildman–Crippen MR) is 240 cm³/mol. The van der Waals surface area contributed by atoms with Gasteiger partial charge in [0.15, 0.2) is 0 Å². The number of hydrogen-bond acceptors (Lipinski definition) is 8. The van der Waals surface area contributed by atoms with Gasteiger partial charge in [-0.3, -0.25) is 14.5 Å². The van der Waals surface area contributed by atoms with Crippen molar-refractivity contribution in [2.24, 2.45) is 17.8 Å². The van der Waals surface area contributed by atoms with Gasteiger partial charge in [0, 0.05) is 11.4 Å². The number of para-hydroxylation sites is 1. The SMILES string of the molecule is C/C(=C\c1ccc(CO)o1)CC[C@H]1OB(O)C[C@H]2C1=C(CO[Si](c1ccccc1)(c1ccccc1)C(C)(C)C)C[C@H]1C(=O)N(c3ccc(Nc4ccccc4)cc3)C(=O)[C@H]12. The Hall–Kier alpha value is -5.30. The van der Waals surface area contributed by atoms with Gasteiger partial charge in [-0.25, -0.2) is 0 Å². The number of rotatable bonds is 13. The fourth-order valence-corrected chi connectivity index (χ4v) is 14.3. The fourth-order valence-electron chi connectivity index (χ4n) is 9.72. The highest BCUT2D eigenvalue weighted by atomic mass is 28.4. The number of amides is 2. The first-order valence-corrected chi connectivity index (χ1v) is 22.8. The lowest BCUT2D eigenvalue weighted by Crippen LogP contribution is -2.66. The van der Waals surface area contributed by atoms with Crippen LogP contribution in [0.5, 0.6) is 0 Å². The summed E-state index contributed by atoms with van der Waals surface area (Å²) in [4.78, 5) is 30.7. The van der Waals surface area contributed by atoms with E-state index in [-0.39, 0.29) is 36.4 Å². The maximum Gasteiger partial charge on any atom is 0.455 e. The van der Waals surface area contributed by atoms with E-state index >= 15 is 0 Å². The molecule has 3 aliphatic rings. The minimum Gasteiger partial charge on any atom is -0.459 e. The lowest BCUT2D eigenvalue weighted by Gasteiger charge is -2.46. The number of fused-ring (bicyclic) bond motifs is 3. The second-order valence-electron chi connectivity index (χ2n) is 17.3. The highest BCUT2D eigenvalue weighted by molar-refractivity contribution is 6.99. The molecule has 0 unspecified atom stereocenters. The van der Waals surface area contributed by atoms with Crippen LogP contribution in [-0.4, -0.2) is 50.1 Å². The summed E-state index contributed by atoms with van der Waals surface area (Å²) in [6.45, 7) is 8.84. The number of aliphatic hydroxyl groups is 1. The van der Waals surface area contributed by atoms with E-state index in [9.17, 15) is 19.7 Å². The van der Waals surface area contributed by atoms with E-state index in [0.717, 1.165) is 38.5 Å². The Morgan fingerprint density at radius 3 is 2.07 bits per heavy atom. The van der Waals surface area contributed by atoms with Gasteiger partial charge in [-0.15, -0.1) is 0 Å². The summed E-state index contributed by atoms with van der Waals surface area (Å²) < 4.78 is 19.7. The number of furan rings is 1. The van der Waals surface area contributed by atoms with Crippen LogP contribution < -0.4 is 20.6 Å². The highest BCUT2D eigenvalue weighted by Crippen LogP contribution is 2.52. The van der Waals surface area contributed by atoms with Crippen molar-refractivity contribution in [3.63, 3.8) is 0 Å². The summed E-state index contributed by atoms with van der Waals surface area (Å²) >= 11 is 0. The van der Waals surface area contributed by atoms with Crippen LogP contribution in [0.2, 0.25) is 11.4 Å². The van der Waals surface area contributed by atoms with Gasteiger partial charge in [0.2, 0.25) is 11.8 Å². The van der Waals surface area contributed by atoms with E-state index in [1.807, 2.05) is 85.8 Å². The van der Waals surface area contributed by atoms with Crippen LogP contribution in [0.15, 0.2) is 149 Å². The van der Waals surface area contributed by atoms with Crippen LogP contribution in [0.25, 0.3) is 6.08 Å². The number of hydrogen-bond donors (Lipinski definition) is 3. The van der Waals surface area contributed by atoms with E-state index in [0.29, 0.717) is 36.5 Å². The summed E-state index contributed by atoms with van der Waals surface area (Å²) in [5.74, 6) is -1.01. The number of benzene rings is 4. The number of allylic oxidation sites excluding steroid dienone is 1. The Morgan fingerprint density at radius 1 is 0.850 bits per heavy atom. The molecule has 2 fully saturated rings. The summed E-state index contributed by atoms with van der Waals surface area (Å²) in [5, 5.41) is 26.3. The molecule has 2 amide bonds. The Morgan fingerprint density at radius 2 is 1.47 bits per heavy atom. The minimum absolute atomic E-state index is 0.174. The third-order valence-corrected chi connectivity index (χ3v) is 17.4. The molecule has 4 atom stereocenters. The molecule has 11 heteroatoms. The number of carbonyl (C=O) groups is 2. The highest BCUT2D eigenvalue weighted by Gasteiger charge is 2.58. The molecule has 2 aliphatic heterocycles. The summed E-state index contributed by atoms with van der Waals surface area (Å²) in [6.07, 6.45) is 3.16. The smallest absolute Gasteiger partial charge is 0.455 e. The first-order chi connectivity index (χ1) is 29.0. The quantitative estimate of drug-likeness (QED) is 0.0617. The third-order valence-electron chi connectivity index (χ3n) is 12.4.